The molecule has 0 saturated heterocycles. The number of carbonyl (C=O) groups excluding carboxylic acids is 1. The van der Waals surface area contributed by atoms with E-state index in [1.54, 1.807) is 0 Å². The lowest BCUT2D eigenvalue weighted by atomic mass is 10.1. The largest absolute Gasteiger partial charge is 0.416 e. The Morgan fingerprint density at radius 3 is 2.37 bits per heavy atom. The van der Waals surface area contributed by atoms with Crippen LogP contribution in [0.2, 0.25) is 0 Å². The quantitative estimate of drug-likeness (QED) is 0.822. The number of nitrogens with two attached hydrogens (primary N) is 1. The van der Waals surface area contributed by atoms with Crippen molar-refractivity contribution in [3.05, 3.63) is 23.8 Å². The zero-order valence-electron chi connectivity index (χ0n) is 9.78. The number of benzene rings is 1. The van der Waals surface area contributed by atoms with Crippen molar-refractivity contribution < 1.29 is 26.4 Å². The molecule has 0 bridgehead atoms. The van der Waals surface area contributed by atoms with Crippen LogP contribution in [0.15, 0.2) is 18.2 Å². The molecule has 106 valence electrons. The Morgan fingerprint density at radius 1 is 1.37 bits per heavy atom. The molecule has 0 spiro atoms. The van der Waals surface area contributed by atoms with E-state index >= 15 is 0 Å². The van der Waals surface area contributed by atoms with Crippen LogP contribution in [0.25, 0.3) is 0 Å². The molecule has 19 heavy (non-hydrogen) atoms. The molecular weight excluding hydrogens is 285 g/mol. The second kappa shape index (κ2) is 5.08. The first-order valence-electron chi connectivity index (χ1n) is 4.93. The molecule has 0 aromatic heterocycles. The van der Waals surface area contributed by atoms with E-state index in [4.69, 9.17) is 5.73 Å². The fourth-order valence-electron chi connectivity index (χ4n) is 1.28. The van der Waals surface area contributed by atoms with Crippen molar-refractivity contribution in [3.8, 4) is 0 Å². The number of anilines is 2. The number of hydrogen-bond donors (Lipinski definition) is 2. The first-order chi connectivity index (χ1) is 8.49. The van der Waals surface area contributed by atoms with Gasteiger partial charge in [0.2, 0.25) is 5.91 Å². The molecule has 0 saturated carbocycles. The Balaban J connectivity index is 2.90. The molecule has 1 aromatic carbocycles. The lowest BCUT2D eigenvalue weighted by Gasteiger charge is -2.11. The highest BCUT2D eigenvalue weighted by atomic mass is 32.2. The maximum Gasteiger partial charge on any atom is 0.416 e. The molecule has 0 aliphatic heterocycles. The Bertz CT molecular complexity index is 597. The lowest BCUT2D eigenvalue weighted by molar-refractivity contribution is -0.137. The molecule has 0 radical (unpaired) electrons. The van der Waals surface area contributed by atoms with Crippen molar-refractivity contribution >= 4 is 27.1 Å². The number of sulfone groups is 1. The molecule has 0 unspecified atom stereocenters. The molecule has 0 heterocycles. The topological polar surface area (TPSA) is 89.3 Å². The number of nitrogens with one attached hydrogen (secondary N) is 1. The van der Waals surface area contributed by atoms with Gasteiger partial charge in [0, 0.05) is 6.26 Å². The Labute approximate surface area is 107 Å². The Morgan fingerprint density at radius 2 is 1.95 bits per heavy atom. The third-order valence-electron chi connectivity index (χ3n) is 2.05. The van der Waals surface area contributed by atoms with Crippen molar-refractivity contribution in [1.82, 2.24) is 0 Å². The number of rotatable bonds is 3. The summed E-state index contributed by atoms with van der Waals surface area (Å²) in [5.74, 6) is -1.64. The molecule has 0 atom stereocenters. The Hall–Kier alpha value is -1.77. The van der Waals surface area contributed by atoms with Crippen LogP contribution in [0, 0.1) is 0 Å². The highest BCUT2D eigenvalue weighted by molar-refractivity contribution is 7.91. The maximum atomic E-state index is 12.4. The average molecular weight is 296 g/mol. The summed E-state index contributed by atoms with van der Waals surface area (Å²) in [7, 11) is -3.52. The summed E-state index contributed by atoms with van der Waals surface area (Å²) in [5.41, 5.74) is 4.05. The fourth-order valence-corrected chi connectivity index (χ4v) is 1.83. The van der Waals surface area contributed by atoms with E-state index < -0.39 is 33.2 Å². The van der Waals surface area contributed by atoms with Crippen molar-refractivity contribution in [2.24, 2.45) is 0 Å². The summed E-state index contributed by atoms with van der Waals surface area (Å²) in [5, 5.41) is 2.13. The highest BCUT2D eigenvalue weighted by Crippen LogP contribution is 2.32. The first kappa shape index (κ1) is 15.3. The summed E-state index contributed by atoms with van der Waals surface area (Å²) in [6.07, 6.45) is -3.67. The standard InChI is InChI=1S/C10H11F3N2O3S/c1-19(17,18)5-9(16)15-8-3-2-6(4-7(8)14)10(11,12)13/h2-4H,5,14H2,1H3,(H,15,16). The predicted molar refractivity (Wildman–Crippen MR) is 64.2 cm³/mol. The van der Waals surface area contributed by atoms with Crippen LogP contribution >= 0.6 is 0 Å². The van der Waals surface area contributed by atoms with Gasteiger partial charge in [-0.25, -0.2) is 8.42 Å². The van der Waals surface area contributed by atoms with E-state index in [0.717, 1.165) is 18.4 Å². The van der Waals surface area contributed by atoms with Gasteiger partial charge < -0.3 is 11.1 Å². The number of hydrogen-bond acceptors (Lipinski definition) is 4. The van der Waals surface area contributed by atoms with Gasteiger partial charge in [-0.3, -0.25) is 4.79 Å². The first-order valence-corrected chi connectivity index (χ1v) is 6.99. The summed E-state index contributed by atoms with van der Waals surface area (Å²) >= 11 is 0. The minimum absolute atomic E-state index is 0.0679. The molecule has 9 heteroatoms. The van der Waals surface area contributed by atoms with E-state index in [1.165, 1.54) is 0 Å². The molecular formula is C10H11F3N2O3S. The number of nitrogen functional groups attached to an aromatic ring is 1. The predicted octanol–water partition coefficient (Wildman–Crippen LogP) is 1.27. The van der Waals surface area contributed by atoms with Gasteiger partial charge in [0.1, 0.15) is 5.75 Å². The molecule has 3 N–H and O–H groups in total. The van der Waals surface area contributed by atoms with Crippen LogP contribution in [0.4, 0.5) is 24.5 Å². The van der Waals surface area contributed by atoms with E-state index in [1.807, 2.05) is 0 Å². The van der Waals surface area contributed by atoms with Gasteiger partial charge in [-0.15, -0.1) is 0 Å². The zero-order valence-corrected chi connectivity index (χ0v) is 10.6. The normalized spacial score (nSPS) is 12.2. The SMILES string of the molecule is CS(=O)(=O)CC(=O)Nc1ccc(C(F)(F)F)cc1N. The summed E-state index contributed by atoms with van der Waals surface area (Å²) in [6.45, 7) is 0. The van der Waals surface area contributed by atoms with Crippen molar-refractivity contribution in [2.45, 2.75) is 6.18 Å². The van der Waals surface area contributed by atoms with Gasteiger partial charge in [0.05, 0.1) is 16.9 Å². The average Bonchev–Trinajstić information content (AvgIpc) is 2.16. The Kier molecular flexibility index (Phi) is 4.09. The number of halogens is 3. The van der Waals surface area contributed by atoms with Crippen LogP contribution in [0.1, 0.15) is 5.56 Å². The van der Waals surface area contributed by atoms with E-state index in [2.05, 4.69) is 5.32 Å². The molecule has 1 aromatic rings. The molecule has 0 aliphatic carbocycles. The van der Waals surface area contributed by atoms with E-state index in [0.29, 0.717) is 6.07 Å². The van der Waals surface area contributed by atoms with E-state index in [-0.39, 0.29) is 11.4 Å². The molecule has 5 nitrogen and oxygen atoms in total. The third-order valence-corrected chi connectivity index (χ3v) is 2.83. The molecule has 0 aliphatic rings. The fraction of sp³-hybridized carbons (Fsp3) is 0.300. The number of alkyl halides is 3. The molecule has 1 rings (SSSR count). The zero-order chi connectivity index (χ0) is 14.8. The van der Waals surface area contributed by atoms with Gasteiger partial charge in [-0.2, -0.15) is 13.2 Å². The number of amides is 1. The van der Waals surface area contributed by atoms with Crippen molar-refractivity contribution in [2.75, 3.05) is 23.1 Å². The highest BCUT2D eigenvalue weighted by Gasteiger charge is 2.30. The molecule has 1 amide bonds. The van der Waals surface area contributed by atoms with Crippen LogP contribution in [0.3, 0.4) is 0 Å². The minimum Gasteiger partial charge on any atom is -0.397 e. The third kappa shape index (κ3) is 4.78. The smallest absolute Gasteiger partial charge is 0.397 e. The van der Waals surface area contributed by atoms with Crippen LogP contribution in [-0.2, 0) is 20.8 Å². The van der Waals surface area contributed by atoms with Crippen molar-refractivity contribution in [1.29, 1.82) is 0 Å². The maximum absolute atomic E-state index is 12.4. The van der Waals surface area contributed by atoms with Crippen LogP contribution in [0.5, 0.6) is 0 Å². The second-order valence-corrected chi connectivity index (χ2v) is 6.06. The lowest BCUT2D eigenvalue weighted by Crippen LogP contribution is -2.22. The summed E-state index contributed by atoms with van der Waals surface area (Å²) in [4.78, 5) is 11.3. The minimum atomic E-state index is -4.54. The molecule has 0 fully saturated rings. The van der Waals surface area contributed by atoms with Crippen molar-refractivity contribution in [3.63, 3.8) is 0 Å². The second-order valence-electron chi connectivity index (χ2n) is 3.92. The van der Waals surface area contributed by atoms with Crippen LogP contribution in [-0.4, -0.2) is 26.3 Å². The van der Waals surface area contributed by atoms with Gasteiger partial charge in [-0.05, 0) is 18.2 Å². The van der Waals surface area contributed by atoms with Crippen LogP contribution < -0.4 is 11.1 Å². The van der Waals surface area contributed by atoms with Gasteiger partial charge in [0.15, 0.2) is 9.84 Å². The van der Waals surface area contributed by atoms with E-state index in [9.17, 15) is 26.4 Å². The van der Waals surface area contributed by atoms with Gasteiger partial charge in [0.25, 0.3) is 0 Å². The van der Waals surface area contributed by atoms with Gasteiger partial charge in [-0.1, -0.05) is 0 Å². The summed E-state index contributed by atoms with van der Waals surface area (Å²) in [6, 6.07) is 2.38. The monoisotopic (exact) mass is 296 g/mol. The number of carbonyl (C=O) groups is 1. The van der Waals surface area contributed by atoms with Gasteiger partial charge >= 0.3 is 6.18 Å². The summed E-state index contributed by atoms with van der Waals surface area (Å²) < 4.78 is 58.8.